The topological polar surface area (TPSA) is 3.24 Å². The van der Waals surface area contributed by atoms with Crippen LogP contribution in [-0.2, 0) is 0 Å². The third kappa shape index (κ3) is 10.8. The van der Waals surface area contributed by atoms with E-state index in [1.54, 1.807) is 0 Å². The van der Waals surface area contributed by atoms with E-state index in [2.05, 4.69) is 6.58 Å². The van der Waals surface area contributed by atoms with Gasteiger partial charge in [0.2, 0.25) is 0 Å². The normalized spacial score (nSPS) is 12.1. The fraction of sp³-hybridized carbons (Fsp3) is 0.818. The molecule has 0 aliphatic rings. The molecule has 0 aromatic carbocycles. The van der Waals surface area contributed by atoms with Crippen molar-refractivity contribution in [3.63, 3.8) is 0 Å². The Morgan fingerprint density at radius 2 is 1.41 bits per heavy atom. The van der Waals surface area contributed by atoms with Gasteiger partial charge in [-0.2, -0.15) is 0 Å². The molecule has 1 nitrogen and oxygen atoms in total. The van der Waals surface area contributed by atoms with Crippen molar-refractivity contribution in [3.8, 4) is 0 Å². The predicted octanol–water partition coefficient (Wildman–Crippen LogP) is 0.547. The summed E-state index contributed by atoms with van der Waals surface area (Å²) < 4.78 is 37.3. The zero-order chi connectivity index (χ0) is 12.9. The molecular formula is C11H22BF3KN. The first-order valence-electron chi connectivity index (χ1n) is 5.73. The molecule has 0 heterocycles. The molecule has 0 aliphatic heterocycles. The third-order valence-corrected chi connectivity index (χ3v) is 2.14. The Labute approximate surface area is 146 Å². The Morgan fingerprint density at radius 3 is 1.65 bits per heavy atom. The smallest absolute Gasteiger partial charge is 0.445 e. The maximum Gasteiger partial charge on any atom is 1.00 e. The van der Waals surface area contributed by atoms with Crippen molar-refractivity contribution in [1.29, 1.82) is 0 Å². The SMILES string of the molecule is C=C(CN(CC(C)C)CC(C)C)[B-](F)(F)F.[K+]. The molecule has 0 saturated heterocycles. The molecule has 0 aromatic rings. The Bertz CT molecular complexity index is 219. The van der Waals surface area contributed by atoms with Gasteiger partial charge in [-0.1, -0.05) is 27.7 Å². The van der Waals surface area contributed by atoms with Crippen molar-refractivity contribution in [2.75, 3.05) is 19.6 Å². The van der Waals surface area contributed by atoms with E-state index >= 15 is 0 Å². The first-order valence-corrected chi connectivity index (χ1v) is 5.73. The van der Waals surface area contributed by atoms with Gasteiger partial charge in [0.1, 0.15) is 0 Å². The molecule has 0 amide bonds. The van der Waals surface area contributed by atoms with Gasteiger partial charge in [0.15, 0.2) is 0 Å². The van der Waals surface area contributed by atoms with Crippen LogP contribution in [0.1, 0.15) is 27.7 Å². The average molecular weight is 275 g/mol. The summed E-state index contributed by atoms with van der Waals surface area (Å²) in [7, 11) is 0. The van der Waals surface area contributed by atoms with Crippen LogP contribution in [0.4, 0.5) is 12.9 Å². The van der Waals surface area contributed by atoms with Crippen LogP contribution in [0.25, 0.3) is 0 Å². The van der Waals surface area contributed by atoms with E-state index < -0.39 is 12.4 Å². The van der Waals surface area contributed by atoms with Gasteiger partial charge in [0, 0.05) is 13.1 Å². The Hall–Kier alpha value is 1.19. The van der Waals surface area contributed by atoms with Crippen LogP contribution in [0, 0.1) is 11.8 Å². The fourth-order valence-corrected chi connectivity index (χ4v) is 1.63. The second-order valence-electron chi connectivity index (χ2n) is 5.21. The molecule has 0 fully saturated rings. The number of rotatable bonds is 7. The van der Waals surface area contributed by atoms with Gasteiger partial charge in [0.25, 0.3) is 0 Å². The minimum Gasteiger partial charge on any atom is -0.445 e. The minimum atomic E-state index is -4.90. The van der Waals surface area contributed by atoms with Crippen molar-refractivity contribution in [1.82, 2.24) is 4.90 Å². The Kier molecular flexibility index (Phi) is 11.0. The average Bonchev–Trinajstić information content (AvgIpc) is 1.98. The molecule has 6 heteroatoms. The largest absolute Gasteiger partial charge is 1.00 e. The first kappa shape index (κ1) is 20.5. The van der Waals surface area contributed by atoms with Gasteiger partial charge in [0.05, 0.1) is 0 Å². The van der Waals surface area contributed by atoms with Gasteiger partial charge in [-0.3, -0.25) is 0 Å². The number of nitrogens with zero attached hydrogens (tertiary/aromatic N) is 1. The molecule has 0 radical (unpaired) electrons. The molecule has 96 valence electrons. The van der Waals surface area contributed by atoms with Crippen LogP contribution < -0.4 is 51.4 Å². The first-order chi connectivity index (χ1) is 7.12. The summed E-state index contributed by atoms with van der Waals surface area (Å²) in [5.74, 6) is 0.736. The van der Waals surface area contributed by atoms with E-state index in [4.69, 9.17) is 0 Å². The van der Waals surface area contributed by atoms with E-state index in [1.807, 2.05) is 32.6 Å². The van der Waals surface area contributed by atoms with Crippen molar-refractivity contribution in [2.24, 2.45) is 11.8 Å². The Balaban J connectivity index is 0. The maximum atomic E-state index is 12.4. The molecule has 0 atom stereocenters. The molecule has 0 aromatic heterocycles. The predicted molar refractivity (Wildman–Crippen MR) is 64.3 cm³/mol. The summed E-state index contributed by atoms with van der Waals surface area (Å²) in [5, 5.41) is 0. The molecule has 0 unspecified atom stereocenters. The van der Waals surface area contributed by atoms with Crippen molar-refractivity contribution < 1.29 is 64.3 Å². The van der Waals surface area contributed by atoms with E-state index in [-0.39, 0.29) is 57.9 Å². The standard InChI is InChI=1S/C11H22BF3N.K/c1-9(2)6-16(7-10(3)4)8-11(5)12(13,14)15;/h9-10H,5-8H2,1-4H3;/q-1;+1. The third-order valence-electron chi connectivity index (χ3n) is 2.14. The zero-order valence-corrected chi connectivity index (χ0v) is 14.8. The molecule has 0 bridgehead atoms. The summed E-state index contributed by atoms with van der Waals surface area (Å²) in [6, 6.07) is 0. The van der Waals surface area contributed by atoms with Crippen LogP contribution in [-0.4, -0.2) is 31.5 Å². The second-order valence-corrected chi connectivity index (χ2v) is 5.21. The van der Waals surface area contributed by atoms with Crippen molar-refractivity contribution in [2.45, 2.75) is 27.7 Å². The maximum absolute atomic E-state index is 12.4. The summed E-state index contributed by atoms with van der Waals surface area (Å²) in [5.41, 5.74) is -0.596. The molecule has 0 rings (SSSR count). The van der Waals surface area contributed by atoms with E-state index in [9.17, 15) is 12.9 Å². The fourth-order valence-electron chi connectivity index (χ4n) is 1.63. The van der Waals surface area contributed by atoms with Gasteiger partial charge in [-0.25, -0.2) is 0 Å². The second kappa shape index (κ2) is 9.15. The van der Waals surface area contributed by atoms with Crippen LogP contribution in [0.5, 0.6) is 0 Å². The summed E-state index contributed by atoms with van der Waals surface area (Å²) in [6.07, 6.45) is 0. The van der Waals surface area contributed by atoms with Crippen LogP contribution in [0.2, 0.25) is 0 Å². The monoisotopic (exact) mass is 275 g/mol. The number of hydrogen-bond acceptors (Lipinski definition) is 1. The van der Waals surface area contributed by atoms with Crippen molar-refractivity contribution in [3.05, 3.63) is 12.1 Å². The molecule has 0 aliphatic carbocycles. The van der Waals surface area contributed by atoms with Gasteiger partial charge in [-0.05, 0) is 18.4 Å². The van der Waals surface area contributed by atoms with Crippen LogP contribution >= 0.6 is 0 Å². The molecule has 0 N–H and O–H groups in total. The van der Waals surface area contributed by atoms with Crippen molar-refractivity contribution >= 4 is 6.98 Å². The summed E-state index contributed by atoms with van der Waals surface area (Å²) in [4.78, 5) is 1.84. The quantitative estimate of drug-likeness (QED) is 0.613. The minimum absolute atomic E-state index is 0. The number of halogens is 3. The van der Waals surface area contributed by atoms with Crippen LogP contribution in [0.15, 0.2) is 12.1 Å². The van der Waals surface area contributed by atoms with E-state index in [0.29, 0.717) is 24.9 Å². The van der Waals surface area contributed by atoms with Gasteiger partial charge in [-0.15, -0.1) is 12.1 Å². The molecule has 0 saturated carbocycles. The van der Waals surface area contributed by atoms with Gasteiger partial charge >= 0.3 is 58.4 Å². The Morgan fingerprint density at radius 1 is 1.06 bits per heavy atom. The zero-order valence-electron chi connectivity index (χ0n) is 11.6. The molecule has 17 heavy (non-hydrogen) atoms. The van der Waals surface area contributed by atoms with E-state index in [0.717, 1.165) is 0 Å². The summed E-state index contributed by atoms with van der Waals surface area (Å²) in [6.45, 7) is 7.59. The van der Waals surface area contributed by atoms with Crippen LogP contribution in [0.3, 0.4) is 0 Å². The molecular weight excluding hydrogens is 253 g/mol. The summed E-state index contributed by atoms with van der Waals surface area (Å²) >= 11 is 0. The molecule has 0 spiro atoms. The van der Waals surface area contributed by atoms with Gasteiger partial charge < -0.3 is 17.8 Å². The number of hydrogen-bond donors (Lipinski definition) is 0. The van der Waals surface area contributed by atoms with E-state index in [1.165, 1.54) is 0 Å².